The highest BCUT2D eigenvalue weighted by molar-refractivity contribution is 14.1. The average molecular weight is 513 g/mol. The maximum Gasteiger partial charge on any atom is 0.337 e. The third-order valence-corrected chi connectivity index (χ3v) is 7.58. The van der Waals surface area contributed by atoms with E-state index in [4.69, 9.17) is 4.74 Å². The van der Waals surface area contributed by atoms with Crippen LogP contribution in [-0.2, 0) is 27.3 Å². The smallest absolute Gasteiger partial charge is 0.337 e. The Bertz CT molecular complexity index is 821. The van der Waals surface area contributed by atoms with E-state index in [-0.39, 0.29) is 5.91 Å². The molecule has 1 fully saturated rings. The van der Waals surface area contributed by atoms with Crippen LogP contribution in [0.1, 0.15) is 86.8 Å². The number of carbonyl (C=O) groups excluding carboxylic acids is 1. The molecule has 3 rings (SSSR count). The molecular formula is C23H32INO4. The minimum Gasteiger partial charge on any atom is -0.479 e. The fourth-order valence-electron chi connectivity index (χ4n) is 4.70. The zero-order valence-electron chi connectivity index (χ0n) is 18.1. The first-order valence-corrected chi connectivity index (χ1v) is 11.6. The van der Waals surface area contributed by atoms with E-state index in [1.165, 1.54) is 24.8 Å². The van der Waals surface area contributed by atoms with Crippen LogP contribution in [0, 0.1) is 17.4 Å². The van der Waals surface area contributed by atoms with Crippen LogP contribution in [0.5, 0.6) is 0 Å². The molecule has 0 aromatic heterocycles. The number of carboxylic acids is 1. The van der Waals surface area contributed by atoms with Gasteiger partial charge in [-0.05, 0) is 92.3 Å². The van der Waals surface area contributed by atoms with E-state index in [2.05, 4.69) is 27.5 Å². The number of hydrogen-bond donors (Lipinski definition) is 1. The molecule has 1 saturated carbocycles. The second-order valence-electron chi connectivity index (χ2n) is 9.37. The van der Waals surface area contributed by atoms with E-state index < -0.39 is 17.7 Å². The van der Waals surface area contributed by atoms with Crippen molar-refractivity contribution in [3.8, 4) is 0 Å². The number of halogens is 1. The number of fused-ring (bicyclic) bond motifs is 1. The highest BCUT2D eigenvalue weighted by atomic mass is 127. The molecular weight excluding hydrogens is 481 g/mol. The summed E-state index contributed by atoms with van der Waals surface area (Å²) >= 11 is 2.26. The van der Waals surface area contributed by atoms with Crippen molar-refractivity contribution in [2.45, 2.75) is 97.4 Å². The van der Waals surface area contributed by atoms with Crippen molar-refractivity contribution in [1.82, 2.24) is 4.90 Å². The van der Waals surface area contributed by atoms with Gasteiger partial charge in [0, 0.05) is 21.7 Å². The Balaban J connectivity index is 2.05. The Morgan fingerprint density at radius 2 is 1.76 bits per heavy atom. The van der Waals surface area contributed by atoms with Gasteiger partial charge in [0.25, 0.3) is 0 Å². The molecule has 0 saturated heterocycles. The molecule has 5 nitrogen and oxygen atoms in total. The summed E-state index contributed by atoms with van der Waals surface area (Å²) in [5.74, 6) is -0.825. The van der Waals surface area contributed by atoms with Gasteiger partial charge in [0.2, 0.25) is 5.91 Å². The number of aliphatic carboxylic acids is 1. The number of hydrogen-bond acceptors (Lipinski definition) is 3. The maximum absolute atomic E-state index is 13.0. The van der Waals surface area contributed by atoms with Crippen molar-refractivity contribution in [3.05, 3.63) is 31.4 Å². The summed E-state index contributed by atoms with van der Waals surface area (Å²) in [4.78, 5) is 27.2. The summed E-state index contributed by atoms with van der Waals surface area (Å²) in [7, 11) is 0. The van der Waals surface area contributed by atoms with Gasteiger partial charge in [-0.25, -0.2) is 4.79 Å². The molecule has 6 heteroatoms. The Morgan fingerprint density at radius 1 is 1.14 bits per heavy atom. The van der Waals surface area contributed by atoms with Crippen molar-refractivity contribution >= 4 is 34.5 Å². The lowest BCUT2D eigenvalue weighted by Gasteiger charge is -2.39. The number of benzene rings is 1. The predicted molar refractivity (Wildman–Crippen MR) is 121 cm³/mol. The minimum atomic E-state index is -1.04. The minimum absolute atomic E-state index is 0.169. The van der Waals surface area contributed by atoms with Crippen molar-refractivity contribution in [1.29, 1.82) is 0 Å². The molecule has 1 aliphatic heterocycles. The molecule has 1 aromatic carbocycles. The number of carboxylic acid groups (broad SMARTS) is 1. The predicted octanol–water partition coefficient (Wildman–Crippen LogP) is 5.07. The molecule has 29 heavy (non-hydrogen) atoms. The summed E-state index contributed by atoms with van der Waals surface area (Å²) in [6.07, 6.45) is 5.14. The summed E-state index contributed by atoms with van der Waals surface area (Å²) in [6.45, 7) is 10.2. The lowest BCUT2D eigenvalue weighted by Crippen LogP contribution is -2.45. The molecule has 1 amide bonds. The molecule has 1 heterocycles. The van der Waals surface area contributed by atoms with E-state index in [0.29, 0.717) is 24.6 Å². The summed E-state index contributed by atoms with van der Waals surface area (Å²) < 4.78 is 6.87. The van der Waals surface area contributed by atoms with Crippen LogP contribution in [0.2, 0.25) is 0 Å². The van der Waals surface area contributed by atoms with Crippen LogP contribution >= 0.6 is 22.6 Å². The first-order valence-electron chi connectivity index (χ1n) is 10.5. The molecule has 0 spiro atoms. The zero-order valence-corrected chi connectivity index (χ0v) is 20.3. The topological polar surface area (TPSA) is 66.8 Å². The van der Waals surface area contributed by atoms with Crippen LogP contribution in [0.25, 0.3) is 0 Å². The van der Waals surface area contributed by atoms with Crippen molar-refractivity contribution in [2.24, 2.45) is 0 Å². The van der Waals surface area contributed by atoms with Gasteiger partial charge in [-0.1, -0.05) is 19.3 Å². The van der Waals surface area contributed by atoms with E-state index >= 15 is 0 Å². The molecule has 2 aliphatic rings. The van der Waals surface area contributed by atoms with Gasteiger partial charge in [-0.2, -0.15) is 0 Å². The van der Waals surface area contributed by atoms with Crippen LogP contribution < -0.4 is 0 Å². The molecule has 1 aliphatic carbocycles. The quantitative estimate of drug-likeness (QED) is 0.572. The van der Waals surface area contributed by atoms with E-state index in [0.717, 1.165) is 33.1 Å². The molecule has 1 atom stereocenters. The van der Waals surface area contributed by atoms with E-state index in [9.17, 15) is 14.7 Å². The molecule has 0 bridgehead atoms. The highest BCUT2D eigenvalue weighted by Crippen LogP contribution is 2.39. The van der Waals surface area contributed by atoms with E-state index in [1.807, 2.05) is 34.6 Å². The molecule has 1 aromatic rings. The van der Waals surface area contributed by atoms with Gasteiger partial charge in [0.15, 0.2) is 6.10 Å². The monoisotopic (exact) mass is 513 g/mol. The standard InChI is InChI=1S/C23H32INO4/c1-13-16-11-18(26)25(15-9-7-6-8-10-15)12-17(16)14(2)20(24)19(13)21(22(27)28)29-23(3,4)5/h15,21H,6-12H2,1-5H3,(H,27,28)/t21-/m0/s1. The Kier molecular flexibility index (Phi) is 6.63. The molecule has 160 valence electrons. The van der Waals surface area contributed by atoms with Gasteiger partial charge < -0.3 is 14.7 Å². The first-order chi connectivity index (χ1) is 13.5. The Labute approximate surface area is 187 Å². The fourth-order valence-corrected chi connectivity index (χ4v) is 5.72. The van der Waals surface area contributed by atoms with Crippen molar-refractivity contribution in [2.75, 3.05) is 0 Å². The van der Waals surface area contributed by atoms with Crippen molar-refractivity contribution < 1.29 is 19.4 Å². The van der Waals surface area contributed by atoms with Gasteiger partial charge in [-0.15, -0.1) is 0 Å². The van der Waals surface area contributed by atoms with Gasteiger partial charge in [0.05, 0.1) is 12.0 Å². The number of amides is 1. The second-order valence-corrected chi connectivity index (χ2v) is 10.5. The molecule has 1 N–H and O–H groups in total. The van der Waals surface area contributed by atoms with Gasteiger partial charge in [0.1, 0.15) is 0 Å². The SMILES string of the molecule is Cc1c(I)c([C@H](OC(C)(C)C)C(=O)O)c(C)c2c1CN(C1CCCCC1)C(=O)C2. The highest BCUT2D eigenvalue weighted by Gasteiger charge is 2.36. The summed E-state index contributed by atoms with van der Waals surface area (Å²) in [5.41, 5.74) is 4.28. The number of nitrogens with zero attached hydrogens (tertiary/aromatic N) is 1. The maximum atomic E-state index is 13.0. The first kappa shape index (κ1) is 22.5. The summed E-state index contributed by atoms with van der Waals surface area (Å²) in [5, 5.41) is 9.89. The largest absolute Gasteiger partial charge is 0.479 e. The summed E-state index contributed by atoms with van der Waals surface area (Å²) in [6, 6.07) is 0.345. The Hall–Kier alpha value is -1.15. The third kappa shape index (κ3) is 4.63. The third-order valence-electron chi connectivity index (χ3n) is 6.19. The van der Waals surface area contributed by atoms with Crippen LogP contribution in [0.3, 0.4) is 0 Å². The lowest BCUT2D eigenvalue weighted by atomic mass is 9.84. The van der Waals surface area contributed by atoms with Crippen molar-refractivity contribution in [3.63, 3.8) is 0 Å². The fraction of sp³-hybridized carbons (Fsp3) is 0.652. The second kappa shape index (κ2) is 8.53. The Morgan fingerprint density at radius 3 is 2.31 bits per heavy atom. The normalized spacial score (nSPS) is 19.2. The van der Waals surface area contributed by atoms with Crippen LogP contribution in [0.15, 0.2) is 0 Å². The number of ether oxygens (including phenoxy) is 1. The van der Waals surface area contributed by atoms with Crippen LogP contribution in [0.4, 0.5) is 0 Å². The number of carbonyl (C=O) groups is 2. The van der Waals surface area contributed by atoms with E-state index in [1.54, 1.807) is 0 Å². The molecule has 0 radical (unpaired) electrons. The lowest BCUT2D eigenvalue weighted by molar-refractivity contribution is -0.160. The number of rotatable bonds is 4. The average Bonchev–Trinajstić information content (AvgIpc) is 2.65. The van der Waals surface area contributed by atoms with Gasteiger partial charge in [-0.3, -0.25) is 4.79 Å². The zero-order chi connectivity index (χ0) is 21.5. The molecule has 0 unspecified atom stereocenters. The van der Waals surface area contributed by atoms with Crippen LogP contribution in [-0.4, -0.2) is 33.5 Å². The van der Waals surface area contributed by atoms with Gasteiger partial charge >= 0.3 is 5.97 Å².